The van der Waals surface area contributed by atoms with Crippen molar-refractivity contribution in [1.29, 1.82) is 0 Å². The first-order chi connectivity index (χ1) is 14.9. The molecule has 0 spiro atoms. The van der Waals surface area contributed by atoms with Crippen molar-refractivity contribution < 1.29 is 23.8 Å². The molecule has 7 nitrogen and oxygen atoms in total. The van der Waals surface area contributed by atoms with Crippen LogP contribution in [0.25, 0.3) is 6.08 Å². The van der Waals surface area contributed by atoms with Crippen LogP contribution in [-0.2, 0) is 9.59 Å². The van der Waals surface area contributed by atoms with Gasteiger partial charge in [-0.15, -0.1) is 0 Å². The smallest absolute Gasteiger partial charge is 0.247 e. The van der Waals surface area contributed by atoms with E-state index in [0.717, 1.165) is 0 Å². The van der Waals surface area contributed by atoms with E-state index in [1.165, 1.54) is 18.1 Å². The van der Waals surface area contributed by atoms with Crippen molar-refractivity contribution in [2.75, 3.05) is 39.2 Å². The lowest BCUT2D eigenvalue weighted by Gasteiger charge is -2.19. The molecule has 166 valence electrons. The normalized spacial score (nSPS) is 10.6. The second-order valence-corrected chi connectivity index (χ2v) is 6.84. The highest BCUT2D eigenvalue weighted by Crippen LogP contribution is 2.36. The number of likely N-dealkylation sites (N-methyl/N-ethyl adjacent to an activating group) is 1. The van der Waals surface area contributed by atoms with Crippen molar-refractivity contribution in [2.45, 2.75) is 13.8 Å². The molecule has 0 aromatic heterocycles. The summed E-state index contributed by atoms with van der Waals surface area (Å²) >= 11 is 6.25. The summed E-state index contributed by atoms with van der Waals surface area (Å²) in [5.41, 5.74) is 1.28. The predicted octanol–water partition coefficient (Wildman–Crippen LogP) is 4.26. The zero-order valence-corrected chi connectivity index (χ0v) is 18.9. The van der Waals surface area contributed by atoms with E-state index in [1.807, 2.05) is 13.8 Å². The van der Waals surface area contributed by atoms with Crippen LogP contribution in [0.1, 0.15) is 19.4 Å². The number of methoxy groups -OCH3 is 2. The van der Waals surface area contributed by atoms with E-state index < -0.39 is 0 Å². The second-order valence-electron chi connectivity index (χ2n) is 6.43. The monoisotopic (exact) mass is 446 g/mol. The molecule has 0 radical (unpaired) electrons. The highest BCUT2D eigenvalue weighted by atomic mass is 35.5. The van der Waals surface area contributed by atoms with E-state index in [4.69, 9.17) is 25.8 Å². The minimum absolute atomic E-state index is 0.0789. The standard InChI is InChI=1S/C23H27ClN2O5/c1-5-26(15-21(27)25-17-8-7-9-18(14-17)29-3)22(28)11-10-16-12-19(24)23(30-4)20(13-16)31-6-2/h7-14H,5-6,15H2,1-4H3,(H,25,27)/b11-10+. The van der Waals surface area contributed by atoms with Crippen molar-refractivity contribution in [2.24, 2.45) is 0 Å². The maximum absolute atomic E-state index is 12.6. The first kappa shape index (κ1) is 24.1. The average Bonchev–Trinajstić information content (AvgIpc) is 2.76. The Balaban J connectivity index is 2.06. The van der Waals surface area contributed by atoms with Gasteiger partial charge < -0.3 is 24.4 Å². The van der Waals surface area contributed by atoms with Gasteiger partial charge in [0.05, 0.1) is 25.8 Å². The van der Waals surface area contributed by atoms with Crippen molar-refractivity contribution >= 4 is 35.2 Å². The largest absolute Gasteiger partial charge is 0.497 e. The number of hydrogen-bond acceptors (Lipinski definition) is 5. The molecular formula is C23H27ClN2O5. The lowest BCUT2D eigenvalue weighted by atomic mass is 10.2. The fourth-order valence-electron chi connectivity index (χ4n) is 2.84. The number of benzene rings is 2. The second kappa shape index (κ2) is 11.9. The third-order valence-electron chi connectivity index (χ3n) is 4.34. The molecule has 0 heterocycles. The highest BCUT2D eigenvalue weighted by molar-refractivity contribution is 6.32. The van der Waals surface area contributed by atoms with E-state index in [-0.39, 0.29) is 18.4 Å². The molecule has 8 heteroatoms. The quantitative estimate of drug-likeness (QED) is 0.552. The number of carbonyl (C=O) groups is 2. The van der Waals surface area contributed by atoms with Gasteiger partial charge in [-0.2, -0.15) is 0 Å². The van der Waals surface area contributed by atoms with E-state index >= 15 is 0 Å². The molecule has 0 saturated heterocycles. The molecule has 0 aliphatic carbocycles. The summed E-state index contributed by atoms with van der Waals surface area (Å²) in [4.78, 5) is 26.4. The molecule has 2 aromatic rings. The van der Waals surface area contributed by atoms with Crippen LogP contribution in [0.4, 0.5) is 5.69 Å². The van der Waals surface area contributed by atoms with Crippen LogP contribution in [0, 0.1) is 0 Å². The van der Waals surface area contributed by atoms with Gasteiger partial charge in [-0.05, 0) is 49.8 Å². The van der Waals surface area contributed by atoms with Gasteiger partial charge in [-0.1, -0.05) is 17.7 Å². The molecular weight excluding hydrogens is 420 g/mol. The summed E-state index contributed by atoms with van der Waals surface area (Å²) in [6.07, 6.45) is 3.02. The maximum Gasteiger partial charge on any atom is 0.247 e. The Bertz CT molecular complexity index is 946. The molecule has 1 N–H and O–H groups in total. The third kappa shape index (κ3) is 6.93. The van der Waals surface area contributed by atoms with Crippen LogP contribution in [0.5, 0.6) is 17.2 Å². The summed E-state index contributed by atoms with van der Waals surface area (Å²) < 4.78 is 16.0. The SMILES string of the molecule is CCOc1cc(/C=C/C(=O)N(CC)CC(=O)Nc2cccc(OC)c2)cc(Cl)c1OC. The number of hydrogen-bond donors (Lipinski definition) is 1. The number of ether oxygens (including phenoxy) is 3. The molecule has 0 aliphatic rings. The van der Waals surface area contributed by atoms with Crippen molar-refractivity contribution in [3.8, 4) is 17.2 Å². The van der Waals surface area contributed by atoms with Gasteiger partial charge in [-0.3, -0.25) is 9.59 Å². The van der Waals surface area contributed by atoms with E-state index in [9.17, 15) is 9.59 Å². The van der Waals surface area contributed by atoms with E-state index in [2.05, 4.69) is 5.32 Å². The molecule has 0 saturated carbocycles. The minimum Gasteiger partial charge on any atom is -0.497 e. The zero-order valence-electron chi connectivity index (χ0n) is 18.1. The van der Waals surface area contributed by atoms with Crippen molar-refractivity contribution in [3.63, 3.8) is 0 Å². The summed E-state index contributed by atoms with van der Waals surface area (Å²) in [7, 11) is 3.07. The zero-order chi connectivity index (χ0) is 22.8. The molecule has 2 aromatic carbocycles. The fraction of sp³-hybridized carbons (Fsp3) is 0.304. The Morgan fingerprint density at radius 1 is 1.13 bits per heavy atom. The molecule has 2 rings (SSSR count). The van der Waals surface area contributed by atoms with Gasteiger partial charge in [0.2, 0.25) is 11.8 Å². The first-order valence-electron chi connectivity index (χ1n) is 9.83. The topological polar surface area (TPSA) is 77.1 Å². The number of amides is 2. The average molecular weight is 447 g/mol. The lowest BCUT2D eigenvalue weighted by Crippen LogP contribution is -2.36. The number of rotatable bonds is 10. The predicted molar refractivity (Wildman–Crippen MR) is 122 cm³/mol. The molecule has 0 unspecified atom stereocenters. The fourth-order valence-corrected chi connectivity index (χ4v) is 3.13. The van der Waals surface area contributed by atoms with E-state index in [1.54, 1.807) is 49.6 Å². The highest BCUT2D eigenvalue weighted by Gasteiger charge is 2.15. The Kier molecular flexibility index (Phi) is 9.21. The summed E-state index contributed by atoms with van der Waals surface area (Å²) in [6, 6.07) is 10.4. The summed E-state index contributed by atoms with van der Waals surface area (Å²) in [5, 5.41) is 3.15. The molecule has 0 aliphatic heterocycles. The summed E-state index contributed by atoms with van der Waals surface area (Å²) in [5.74, 6) is 0.968. The minimum atomic E-state index is -0.303. The van der Waals surface area contributed by atoms with Crippen molar-refractivity contribution in [3.05, 3.63) is 53.1 Å². The Morgan fingerprint density at radius 2 is 1.90 bits per heavy atom. The number of nitrogens with zero attached hydrogens (tertiary/aromatic N) is 1. The maximum atomic E-state index is 12.6. The van der Waals surface area contributed by atoms with Crippen LogP contribution >= 0.6 is 11.6 Å². The van der Waals surface area contributed by atoms with Gasteiger partial charge >= 0.3 is 0 Å². The Labute approximate surface area is 187 Å². The molecule has 0 bridgehead atoms. The summed E-state index contributed by atoms with van der Waals surface area (Å²) in [6.45, 7) is 4.41. The van der Waals surface area contributed by atoms with Crippen LogP contribution in [0.3, 0.4) is 0 Å². The molecule has 0 fully saturated rings. The Hall–Kier alpha value is -3.19. The van der Waals surface area contributed by atoms with Gasteiger partial charge in [0, 0.05) is 24.4 Å². The van der Waals surface area contributed by atoms with Crippen LogP contribution in [-0.4, -0.2) is 50.6 Å². The van der Waals surface area contributed by atoms with Gasteiger partial charge in [0.25, 0.3) is 0 Å². The number of nitrogens with one attached hydrogen (secondary N) is 1. The lowest BCUT2D eigenvalue weighted by molar-refractivity contribution is -0.130. The Morgan fingerprint density at radius 3 is 2.55 bits per heavy atom. The van der Waals surface area contributed by atoms with E-state index in [0.29, 0.717) is 46.7 Å². The number of carbonyl (C=O) groups excluding carboxylic acids is 2. The van der Waals surface area contributed by atoms with Crippen LogP contribution in [0.2, 0.25) is 5.02 Å². The number of halogens is 1. The third-order valence-corrected chi connectivity index (χ3v) is 4.62. The van der Waals surface area contributed by atoms with Gasteiger partial charge in [0.15, 0.2) is 11.5 Å². The molecule has 31 heavy (non-hydrogen) atoms. The molecule has 0 atom stereocenters. The van der Waals surface area contributed by atoms with Gasteiger partial charge in [0.1, 0.15) is 12.3 Å². The van der Waals surface area contributed by atoms with Crippen LogP contribution in [0.15, 0.2) is 42.5 Å². The van der Waals surface area contributed by atoms with Crippen molar-refractivity contribution in [1.82, 2.24) is 4.90 Å². The first-order valence-corrected chi connectivity index (χ1v) is 10.2. The number of anilines is 1. The van der Waals surface area contributed by atoms with Crippen LogP contribution < -0.4 is 19.5 Å². The van der Waals surface area contributed by atoms with Gasteiger partial charge in [-0.25, -0.2) is 0 Å². The molecule has 2 amide bonds.